The number of hydrogen-bond acceptors (Lipinski definition) is 5. The highest BCUT2D eigenvalue weighted by molar-refractivity contribution is 5.64. The Bertz CT molecular complexity index is 814. The number of hydrogen-bond donors (Lipinski definition) is 2. The van der Waals surface area contributed by atoms with Crippen molar-refractivity contribution in [1.29, 1.82) is 0 Å². The fourth-order valence-corrected chi connectivity index (χ4v) is 3.74. The predicted molar refractivity (Wildman–Crippen MR) is 82.5 cm³/mol. The van der Waals surface area contributed by atoms with Gasteiger partial charge in [-0.2, -0.15) is 0 Å². The molecule has 0 spiro atoms. The maximum absolute atomic E-state index is 12.5. The largest absolute Gasteiger partial charge is 0.573 e. The summed E-state index contributed by atoms with van der Waals surface area (Å²) in [4.78, 5) is 8.19. The normalized spacial score (nSPS) is 25.9. The number of rotatable bonds is 4. The van der Waals surface area contributed by atoms with E-state index in [2.05, 4.69) is 14.7 Å². The smallest absolute Gasteiger partial charge is 0.402 e. The first-order valence-corrected chi connectivity index (χ1v) is 7.96. The van der Waals surface area contributed by atoms with Crippen molar-refractivity contribution < 1.29 is 23.0 Å². The maximum Gasteiger partial charge on any atom is 0.573 e. The van der Waals surface area contributed by atoms with E-state index < -0.39 is 18.2 Å². The lowest BCUT2D eigenvalue weighted by Gasteiger charge is -2.62. The fraction of sp³-hybridized carbons (Fsp3) is 0.500. The zero-order valence-corrected chi connectivity index (χ0v) is 13.4. The van der Waals surface area contributed by atoms with Crippen molar-refractivity contribution in [2.45, 2.75) is 44.2 Å². The minimum atomic E-state index is -4.86. The van der Waals surface area contributed by atoms with Gasteiger partial charge >= 0.3 is 6.36 Å². The van der Waals surface area contributed by atoms with E-state index in [9.17, 15) is 18.3 Å². The Morgan fingerprint density at radius 3 is 2.60 bits per heavy atom. The van der Waals surface area contributed by atoms with Gasteiger partial charge in [-0.05, 0) is 38.2 Å². The number of anilines is 1. The van der Waals surface area contributed by atoms with E-state index in [1.165, 1.54) is 6.20 Å². The Hall–Kier alpha value is -2.29. The average molecular weight is 354 g/mol. The van der Waals surface area contributed by atoms with E-state index >= 15 is 0 Å². The molecule has 1 unspecified atom stereocenters. The van der Waals surface area contributed by atoms with Crippen molar-refractivity contribution >= 4 is 5.82 Å². The SMILES string of the molecule is CC(O)c1nc(-c2cnc(N)c(OC(F)(F)F)c2)cn1C12CC(C1)C2. The van der Waals surface area contributed by atoms with Crippen LogP contribution in [0.5, 0.6) is 5.75 Å². The van der Waals surface area contributed by atoms with Crippen LogP contribution >= 0.6 is 0 Å². The standard InChI is InChI=1S/C16H17F3N4O2/c1-8(24)14-22-11(7-23(14)15-3-9(4-15)5-15)10-2-12(13(20)21-6-10)25-16(17,18)19/h2,6-9,24H,3-5H2,1H3,(H2,20,21). The third kappa shape index (κ3) is 2.62. The molecule has 3 saturated carbocycles. The van der Waals surface area contributed by atoms with Crippen molar-refractivity contribution in [1.82, 2.24) is 14.5 Å². The van der Waals surface area contributed by atoms with Gasteiger partial charge in [0.25, 0.3) is 0 Å². The summed E-state index contributed by atoms with van der Waals surface area (Å²) in [7, 11) is 0. The topological polar surface area (TPSA) is 86.2 Å². The molecule has 1 atom stereocenters. The highest BCUT2D eigenvalue weighted by Crippen LogP contribution is 2.63. The predicted octanol–water partition coefficient (Wildman–Crippen LogP) is 2.99. The first kappa shape index (κ1) is 16.2. The molecule has 0 saturated heterocycles. The molecule has 6 nitrogen and oxygen atoms in total. The number of aliphatic hydroxyl groups excluding tert-OH is 1. The van der Waals surface area contributed by atoms with Gasteiger partial charge in [0, 0.05) is 23.5 Å². The maximum atomic E-state index is 12.5. The average Bonchev–Trinajstić information content (AvgIpc) is 2.81. The van der Waals surface area contributed by atoms with E-state index in [-0.39, 0.29) is 11.4 Å². The zero-order chi connectivity index (χ0) is 18.0. The molecule has 5 rings (SSSR count). The first-order chi connectivity index (χ1) is 11.7. The van der Waals surface area contributed by atoms with Crippen molar-refractivity contribution in [3.05, 3.63) is 24.3 Å². The monoisotopic (exact) mass is 354 g/mol. The van der Waals surface area contributed by atoms with Crippen LogP contribution in [0.25, 0.3) is 11.3 Å². The number of nitrogens with zero attached hydrogens (tertiary/aromatic N) is 3. The van der Waals surface area contributed by atoms with Crippen LogP contribution in [0.4, 0.5) is 19.0 Å². The van der Waals surface area contributed by atoms with Gasteiger partial charge < -0.3 is 20.1 Å². The van der Waals surface area contributed by atoms with E-state index in [1.807, 2.05) is 4.57 Å². The number of pyridine rings is 1. The van der Waals surface area contributed by atoms with Crippen LogP contribution in [-0.2, 0) is 5.54 Å². The van der Waals surface area contributed by atoms with Crippen molar-refractivity contribution in [2.24, 2.45) is 5.92 Å². The molecule has 2 bridgehead atoms. The van der Waals surface area contributed by atoms with Gasteiger partial charge in [-0.1, -0.05) is 0 Å². The van der Waals surface area contributed by atoms with Crippen molar-refractivity contribution in [3.8, 4) is 17.0 Å². The molecular formula is C16H17F3N4O2. The van der Waals surface area contributed by atoms with Gasteiger partial charge in [0.15, 0.2) is 11.6 Å². The lowest BCUT2D eigenvalue weighted by Crippen LogP contribution is -2.59. The molecule has 3 N–H and O–H groups in total. The molecule has 2 aromatic rings. The second kappa shape index (κ2) is 5.10. The lowest BCUT2D eigenvalue weighted by molar-refractivity contribution is -0.274. The van der Waals surface area contributed by atoms with Crippen molar-refractivity contribution in [2.75, 3.05) is 5.73 Å². The summed E-state index contributed by atoms with van der Waals surface area (Å²) >= 11 is 0. The number of imidazole rings is 1. The summed E-state index contributed by atoms with van der Waals surface area (Å²) < 4.78 is 43.3. The van der Waals surface area contributed by atoms with E-state index in [0.717, 1.165) is 31.2 Å². The molecule has 25 heavy (non-hydrogen) atoms. The minimum Gasteiger partial charge on any atom is -0.402 e. The van der Waals surface area contributed by atoms with E-state index in [0.29, 0.717) is 17.1 Å². The molecule has 2 aromatic heterocycles. The second-order valence-corrected chi connectivity index (χ2v) is 6.89. The number of aliphatic hydroxyl groups is 1. The van der Waals surface area contributed by atoms with E-state index in [1.54, 1.807) is 13.1 Å². The van der Waals surface area contributed by atoms with Gasteiger partial charge in [-0.25, -0.2) is 9.97 Å². The zero-order valence-electron chi connectivity index (χ0n) is 13.4. The molecule has 0 radical (unpaired) electrons. The number of ether oxygens (including phenoxy) is 1. The summed E-state index contributed by atoms with van der Waals surface area (Å²) in [5.74, 6) is 0.320. The summed E-state index contributed by atoms with van der Waals surface area (Å²) in [6.45, 7) is 1.62. The fourth-order valence-electron chi connectivity index (χ4n) is 3.74. The Morgan fingerprint density at radius 2 is 2.08 bits per heavy atom. The molecule has 3 aliphatic carbocycles. The second-order valence-electron chi connectivity index (χ2n) is 6.89. The van der Waals surface area contributed by atoms with Gasteiger partial charge in [0.2, 0.25) is 0 Å². The van der Waals surface area contributed by atoms with Crippen LogP contribution in [0, 0.1) is 5.92 Å². The van der Waals surface area contributed by atoms with Crippen LogP contribution < -0.4 is 10.5 Å². The highest BCUT2D eigenvalue weighted by atomic mass is 19.4. The molecule has 134 valence electrons. The molecular weight excluding hydrogens is 337 g/mol. The number of aromatic nitrogens is 3. The van der Waals surface area contributed by atoms with Gasteiger partial charge in [-0.15, -0.1) is 13.2 Å². The Morgan fingerprint density at radius 1 is 1.40 bits per heavy atom. The Kier molecular flexibility index (Phi) is 3.31. The van der Waals surface area contributed by atoms with Crippen LogP contribution in [0.2, 0.25) is 0 Å². The molecule has 3 aliphatic rings. The van der Waals surface area contributed by atoms with Gasteiger partial charge in [0.05, 0.1) is 5.69 Å². The number of alkyl halides is 3. The Balaban J connectivity index is 1.72. The van der Waals surface area contributed by atoms with Gasteiger partial charge in [0.1, 0.15) is 11.9 Å². The number of nitrogen functional groups attached to an aromatic ring is 1. The molecule has 3 fully saturated rings. The van der Waals surface area contributed by atoms with Crippen LogP contribution in [-0.4, -0.2) is 26.0 Å². The minimum absolute atomic E-state index is 0.00518. The molecule has 2 heterocycles. The summed E-state index contributed by atoms with van der Waals surface area (Å²) in [5, 5.41) is 10.0. The highest BCUT2D eigenvalue weighted by Gasteiger charge is 2.58. The summed E-state index contributed by atoms with van der Waals surface area (Å²) in [6.07, 6.45) is 0.613. The molecule has 0 aliphatic heterocycles. The first-order valence-electron chi connectivity index (χ1n) is 7.96. The number of nitrogens with two attached hydrogens (primary N) is 1. The van der Waals surface area contributed by atoms with Crippen LogP contribution in [0.15, 0.2) is 18.5 Å². The third-order valence-corrected chi connectivity index (χ3v) is 5.03. The summed E-state index contributed by atoms with van der Waals surface area (Å²) in [5.41, 5.74) is 6.24. The lowest BCUT2D eigenvalue weighted by atomic mass is 9.49. The quantitative estimate of drug-likeness (QED) is 0.882. The molecule has 0 aromatic carbocycles. The van der Waals surface area contributed by atoms with E-state index in [4.69, 9.17) is 5.73 Å². The molecule has 9 heteroatoms. The Labute approximate surface area is 141 Å². The molecule has 0 amide bonds. The van der Waals surface area contributed by atoms with Crippen LogP contribution in [0.3, 0.4) is 0 Å². The van der Waals surface area contributed by atoms with Crippen molar-refractivity contribution in [3.63, 3.8) is 0 Å². The van der Waals surface area contributed by atoms with Gasteiger partial charge in [-0.3, -0.25) is 0 Å². The van der Waals surface area contributed by atoms with Crippen LogP contribution in [0.1, 0.15) is 38.1 Å². The third-order valence-electron chi connectivity index (χ3n) is 5.03. The number of halogens is 3. The summed E-state index contributed by atoms with van der Waals surface area (Å²) in [6, 6.07) is 1.16.